The van der Waals surface area contributed by atoms with Crippen molar-refractivity contribution in [2.24, 2.45) is 5.41 Å². The molecule has 2 fully saturated rings. The second-order valence-corrected chi connectivity index (χ2v) is 6.82. The van der Waals surface area contributed by atoms with E-state index in [2.05, 4.69) is 15.9 Å². The Kier molecular flexibility index (Phi) is 3.61. The number of hydrogen-bond donors (Lipinski definition) is 0. The van der Waals surface area contributed by atoms with Gasteiger partial charge in [0.25, 0.3) is 0 Å². The van der Waals surface area contributed by atoms with Gasteiger partial charge in [0.05, 0.1) is 9.89 Å². The predicted molar refractivity (Wildman–Crippen MR) is 78.7 cm³/mol. The Balaban J connectivity index is 1.78. The molecule has 2 aliphatic carbocycles. The minimum atomic E-state index is -0.197. The van der Waals surface area contributed by atoms with Crippen molar-refractivity contribution in [3.63, 3.8) is 0 Å². The van der Waals surface area contributed by atoms with Gasteiger partial charge >= 0.3 is 0 Å². The summed E-state index contributed by atoms with van der Waals surface area (Å²) < 4.78 is 6.93. The Hall–Kier alpha value is -0.540. The van der Waals surface area contributed by atoms with Crippen molar-refractivity contribution >= 4 is 33.3 Å². The molecule has 1 atom stereocenters. The lowest BCUT2D eigenvalue weighted by Gasteiger charge is -2.49. The van der Waals surface area contributed by atoms with E-state index in [0.29, 0.717) is 17.2 Å². The van der Waals surface area contributed by atoms with Crippen LogP contribution in [0.4, 0.5) is 0 Å². The third-order valence-corrected chi connectivity index (χ3v) is 5.31. The van der Waals surface area contributed by atoms with Gasteiger partial charge in [-0.15, -0.1) is 0 Å². The van der Waals surface area contributed by atoms with Crippen molar-refractivity contribution in [3.05, 3.63) is 27.7 Å². The largest absolute Gasteiger partial charge is 0.488 e. The van der Waals surface area contributed by atoms with E-state index in [0.717, 1.165) is 35.9 Å². The quantitative estimate of drug-likeness (QED) is 0.773. The molecule has 0 aliphatic heterocycles. The fraction of sp³-hybridized carbons (Fsp3) is 0.533. The van der Waals surface area contributed by atoms with Crippen LogP contribution < -0.4 is 4.74 Å². The van der Waals surface area contributed by atoms with Crippen LogP contribution in [0.25, 0.3) is 0 Å². The lowest BCUT2D eigenvalue weighted by atomic mass is 9.57. The summed E-state index contributed by atoms with van der Waals surface area (Å²) in [5.41, 5.74) is -0.197. The van der Waals surface area contributed by atoms with Crippen molar-refractivity contribution in [1.29, 1.82) is 0 Å². The molecule has 0 aromatic heterocycles. The Morgan fingerprint density at radius 3 is 2.63 bits per heavy atom. The van der Waals surface area contributed by atoms with Gasteiger partial charge in [-0.25, -0.2) is 0 Å². The van der Waals surface area contributed by atoms with E-state index >= 15 is 0 Å². The third kappa shape index (κ3) is 2.31. The molecular formula is C15H16BrClO2. The van der Waals surface area contributed by atoms with Gasteiger partial charge in [0.2, 0.25) is 0 Å². The van der Waals surface area contributed by atoms with E-state index in [9.17, 15) is 4.79 Å². The standard InChI is InChI=1S/C15H16BrClO2/c16-11-8-10(17)4-5-12(11)19-14-9-13(18)15(14)6-2-1-3-7-15/h4-5,8,14H,1-3,6-7,9H2. The van der Waals surface area contributed by atoms with Crippen LogP contribution in [0.2, 0.25) is 5.02 Å². The lowest BCUT2D eigenvalue weighted by molar-refractivity contribution is -0.156. The van der Waals surface area contributed by atoms with Gasteiger partial charge in [-0.3, -0.25) is 4.79 Å². The molecule has 0 N–H and O–H groups in total. The molecule has 2 aliphatic rings. The molecule has 1 unspecified atom stereocenters. The fourth-order valence-electron chi connectivity index (χ4n) is 3.28. The Morgan fingerprint density at radius 1 is 1.26 bits per heavy atom. The second kappa shape index (κ2) is 5.10. The van der Waals surface area contributed by atoms with E-state index in [1.165, 1.54) is 6.42 Å². The van der Waals surface area contributed by atoms with Gasteiger partial charge in [0.15, 0.2) is 0 Å². The van der Waals surface area contributed by atoms with Gasteiger partial charge in [0, 0.05) is 11.4 Å². The maximum absolute atomic E-state index is 12.0. The van der Waals surface area contributed by atoms with E-state index < -0.39 is 0 Å². The molecule has 1 aromatic carbocycles. The molecule has 2 nitrogen and oxygen atoms in total. The molecule has 0 heterocycles. The van der Waals surface area contributed by atoms with Crippen LogP contribution in [0.5, 0.6) is 5.75 Å². The molecule has 2 saturated carbocycles. The first-order chi connectivity index (χ1) is 9.12. The summed E-state index contributed by atoms with van der Waals surface area (Å²) in [5.74, 6) is 1.18. The zero-order valence-corrected chi connectivity index (χ0v) is 13.0. The highest BCUT2D eigenvalue weighted by molar-refractivity contribution is 9.10. The first kappa shape index (κ1) is 13.4. The second-order valence-electron chi connectivity index (χ2n) is 5.53. The number of ketones is 1. The molecule has 3 rings (SSSR count). The molecule has 102 valence electrons. The summed E-state index contributed by atoms with van der Waals surface area (Å²) in [6, 6.07) is 5.51. The van der Waals surface area contributed by atoms with Crippen LogP contribution in [0.1, 0.15) is 38.5 Å². The van der Waals surface area contributed by atoms with Crippen molar-refractivity contribution in [2.45, 2.75) is 44.6 Å². The number of benzene rings is 1. The number of rotatable bonds is 2. The average Bonchev–Trinajstić information content (AvgIpc) is 2.42. The van der Waals surface area contributed by atoms with Crippen molar-refractivity contribution < 1.29 is 9.53 Å². The normalized spacial score (nSPS) is 25.2. The van der Waals surface area contributed by atoms with Crippen molar-refractivity contribution in [2.75, 3.05) is 0 Å². The summed E-state index contributed by atoms with van der Waals surface area (Å²) >= 11 is 9.39. The topological polar surface area (TPSA) is 26.3 Å². The first-order valence-electron chi connectivity index (χ1n) is 6.77. The Labute approximate surface area is 126 Å². The van der Waals surface area contributed by atoms with Crippen LogP contribution >= 0.6 is 27.5 Å². The van der Waals surface area contributed by atoms with E-state index in [1.54, 1.807) is 0 Å². The van der Waals surface area contributed by atoms with Crippen molar-refractivity contribution in [1.82, 2.24) is 0 Å². The highest BCUT2D eigenvalue weighted by atomic mass is 79.9. The van der Waals surface area contributed by atoms with Crippen molar-refractivity contribution in [3.8, 4) is 5.75 Å². The maximum Gasteiger partial charge on any atom is 0.146 e. The first-order valence-corrected chi connectivity index (χ1v) is 7.94. The SMILES string of the molecule is O=C1CC(Oc2ccc(Cl)cc2Br)C12CCCCC2. The number of hydrogen-bond acceptors (Lipinski definition) is 2. The molecule has 0 bridgehead atoms. The maximum atomic E-state index is 12.0. The monoisotopic (exact) mass is 342 g/mol. The number of carbonyl (C=O) groups is 1. The molecule has 0 amide bonds. The Bertz CT molecular complexity index is 509. The van der Waals surface area contributed by atoms with Crippen LogP contribution in [0, 0.1) is 5.41 Å². The number of halogens is 2. The smallest absolute Gasteiger partial charge is 0.146 e. The van der Waals surface area contributed by atoms with Gasteiger partial charge in [0.1, 0.15) is 17.6 Å². The van der Waals surface area contributed by atoms with E-state index in [-0.39, 0.29) is 11.5 Å². The molecule has 1 aromatic rings. The minimum absolute atomic E-state index is 0.0396. The number of ether oxygens (including phenoxy) is 1. The van der Waals surface area contributed by atoms with Crippen LogP contribution in [-0.4, -0.2) is 11.9 Å². The highest BCUT2D eigenvalue weighted by Gasteiger charge is 2.56. The molecule has 1 spiro atoms. The molecule has 0 radical (unpaired) electrons. The van der Waals surface area contributed by atoms with E-state index in [1.807, 2.05) is 18.2 Å². The Morgan fingerprint density at radius 2 is 2.00 bits per heavy atom. The van der Waals surface area contributed by atoms with Crippen LogP contribution in [0.3, 0.4) is 0 Å². The third-order valence-electron chi connectivity index (χ3n) is 4.45. The highest BCUT2D eigenvalue weighted by Crippen LogP contribution is 2.51. The van der Waals surface area contributed by atoms with Crippen LogP contribution in [0.15, 0.2) is 22.7 Å². The fourth-order valence-corrected chi connectivity index (χ4v) is 4.05. The van der Waals surface area contributed by atoms with Gasteiger partial charge in [-0.1, -0.05) is 30.9 Å². The summed E-state index contributed by atoms with van der Waals surface area (Å²) in [6.07, 6.45) is 6.10. The zero-order valence-electron chi connectivity index (χ0n) is 10.6. The molecule has 19 heavy (non-hydrogen) atoms. The summed E-state index contributed by atoms with van der Waals surface area (Å²) in [4.78, 5) is 12.0. The minimum Gasteiger partial charge on any atom is -0.488 e. The van der Waals surface area contributed by atoms with Gasteiger partial charge in [-0.2, -0.15) is 0 Å². The summed E-state index contributed by atoms with van der Waals surface area (Å²) in [7, 11) is 0. The number of carbonyl (C=O) groups excluding carboxylic acids is 1. The molecular weight excluding hydrogens is 328 g/mol. The molecule has 4 heteroatoms. The van der Waals surface area contributed by atoms with Crippen LogP contribution in [-0.2, 0) is 4.79 Å². The summed E-state index contributed by atoms with van der Waals surface area (Å²) in [5, 5.41) is 0.677. The van der Waals surface area contributed by atoms with Gasteiger partial charge in [-0.05, 0) is 47.0 Å². The van der Waals surface area contributed by atoms with Gasteiger partial charge < -0.3 is 4.74 Å². The zero-order chi connectivity index (χ0) is 13.5. The molecule has 0 saturated heterocycles. The summed E-state index contributed by atoms with van der Waals surface area (Å²) in [6.45, 7) is 0. The number of Topliss-reactive ketones (excluding diaryl/α,β-unsaturated/α-hetero) is 1. The average molecular weight is 344 g/mol. The lowest BCUT2D eigenvalue weighted by Crippen LogP contribution is -2.57. The van der Waals surface area contributed by atoms with E-state index in [4.69, 9.17) is 16.3 Å². The predicted octanol–water partition coefficient (Wildman–Crippen LogP) is 4.77.